The van der Waals surface area contributed by atoms with Crippen molar-refractivity contribution < 1.29 is 9.59 Å². The number of Topliss-reactive ketones (excluding diaryl/α,β-unsaturated/α-hetero) is 1. The number of hydrogen-bond donors (Lipinski definition) is 1. The number of allylic oxidation sites excluding steroid dienone is 2. The molecule has 1 aliphatic rings. The van der Waals surface area contributed by atoms with Crippen molar-refractivity contribution in [3.63, 3.8) is 0 Å². The van der Waals surface area contributed by atoms with Crippen molar-refractivity contribution in [2.45, 2.75) is 0 Å². The van der Waals surface area contributed by atoms with E-state index in [1.165, 1.54) is 6.08 Å². The van der Waals surface area contributed by atoms with Gasteiger partial charge in [0.1, 0.15) is 5.65 Å². The third-order valence-corrected chi connectivity index (χ3v) is 3.70. The van der Waals surface area contributed by atoms with Crippen LogP contribution in [-0.2, 0) is 0 Å². The molecule has 3 aromatic rings. The number of nitrogens with zero attached hydrogens (tertiary/aromatic N) is 1. The topological polar surface area (TPSA) is 62.8 Å². The predicted octanol–water partition coefficient (Wildman–Crippen LogP) is 3.03. The smallest absolute Gasteiger partial charge is 0.194 e. The van der Waals surface area contributed by atoms with Crippen molar-refractivity contribution >= 4 is 28.2 Å². The van der Waals surface area contributed by atoms with Gasteiger partial charge in [0.15, 0.2) is 11.6 Å². The maximum absolute atomic E-state index is 12.6. The van der Waals surface area contributed by atoms with E-state index >= 15 is 0 Å². The fourth-order valence-corrected chi connectivity index (χ4v) is 2.69. The molecule has 1 aromatic carbocycles. The Balaban J connectivity index is 1.94. The summed E-state index contributed by atoms with van der Waals surface area (Å²) in [6.07, 6.45) is 4.82. The quantitative estimate of drug-likeness (QED) is 0.742. The van der Waals surface area contributed by atoms with Crippen molar-refractivity contribution in [2.75, 3.05) is 0 Å². The van der Waals surface area contributed by atoms with Gasteiger partial charge >= 0.3 is 0 Å². The molecule has 0 bridgehead atoms. The molecule has 4 rings (SSSR count). The number of aromatic amines is 1. The number of hydrogen-bond acceptors (Lipinski definition) is 3. The summed E-state index contributed by atoms with van der Waals surface area (Å²) in [5, 5.41) is 0.837. The number of rotatable bonds is 1. The summed E-state index contributed by atoms with van der Waals surface area (Å²) < 4.78 is 0. The number of nitrogens with one attached hydrogen (secondary N) is 1. The monoisotopic (exact) mass is 274 g/mol. The minimum Gasteiger partial charge on any atom is -0.346 e. The largest absolute Gasteiger partial charge is 0.346 e. The zero-order chi connectivity index (χ0) is 14.4. The molecule has 0 fully saturated rings. The Morgan fingerprint density at radius 1 is 0.905 bits per heavy atom. The first kappa shape index (κ1) is 11.8. The van der Waals surface area contributed by atoms with Crippen LogP contribution in [0.4, 0.5) is 0 Å². The number of benzene rings is 1. The lowest BCUT2D eigenvalue weighted by atomic mass is 9.86. The van der Waals surface area contributed by atoms with Crippen LogP contribution in [0.1, 0.15) is 26.3 Å². The molecule has 100 valence electrons. The molecule has 1 aliphatic carbocycles. The Bertz CT molecular complexity index is 935. The SMILES string of the molecule is O=C1C=C(c2c[nH]c3ncccc23)C(=O)c2ccccc21. The molecule has 4 nitrogen and oxygen atoms in total. The van der Waals surface area contributed by atoms with Crippen LogP contribution in [0.15, 0.2) is 54.9 Å². The Hall–Kier alpha value is -3.01. The van der Waals surface area contributed by atoms with Crippen molar-refractivity contribution in [3.05, 3.63) is 71.6 Å². The van der Waals surface area contributed by atoms with Gasteiger partial charge in [-0.25, -0.2) is 4.98 Å². The number of carbonyl (C=O) groups is 2. The van der Waals surface area contributed by atoms with Gasteiger partial charge in [-0.1, -0.05) is 24.3 Å². The summed E-state index contributed by atoms with van der Waals surface area (Å²) in [5.74, 6) is -0.270. The molecule has 1 N–H and O–H groups in total. The normalized spacial score (nSPS) is 14.2. The van der Waals surface area contributed by atoms with E-state index in [-0.39, 0.29) is 11.6 Å². The lowest BCUT2D eigenvalue weighted by Gasteiger charge is -2.14. The van der Waals surface area contributed by atoms with Crippen molar-refractivity contribution in [3.8, 4) is 0 Å². The lowest BCUT2D eigenvalue weighted by Crippen LogP contribution is -2.15. The molecule has 0 radical (unpaired) electrons. The van der Waals surface area contributed by atoms with Gasteiger partial charge in [0.2, 0.25) is 0 Å². The molecule has 21 heavy (non-hydrogen) atoms. The third-order valence-electron chi connectivity index (χ3n) is 3.70. The number of H-pyrrole nitrogens is 1. The first-order chi connectivity index (χ1) is 10.3. The Labute approximate surface area is 120 Å². The van der Waals surface area contributed by atoms with Crippen LogP contribution >= 0.6 is 0 Å². The summed E-state index contributed by atoms with van der Waals surface area (Å²) in [6.45, 7) is 0. The lowest BCUT2D eigenvalue weighted by molar-refractivity contribution is 0.100. The van der Waals surface area contributed by atoms with Crippen LogP contribution in [0.5, 0.6) is 0 Å². The molecule has 0 saturated heterocycles. The van der Waals surface area contributed by atoms with E-state index in [0.717, 1.165) is 5.39 Å². The second kappa shape index (κ2) is 4.24. The molecule has 2 heterocycles. The molecule has 2 aromatic heterocycles. The van der Waals surface area contributed by atoms with Gasteiger partial charge in [-0.15, -0.1) is 0 Å². The highest BCUT2D eigenvalue weighted by Gasteiger charge is 2.27. The zero-order valence-corrected chi connectivity index (χ0v) is 11.0. The molecule has 0 aliphatic heterocycles. The van der Waals surface area contributed by atoms with Gasteiger partial charge in [-0.3, -0.25) is 9.59 Å². The average molecular weight is 274 g/mol. The molecule has 4 heteroatoms. The maximum atomic E-state index is 12.6. The van der Waals surface area contributed by atoms with Gasteiger partial charge in [0.05, 0.1) is 0 Å². The van der Waals surface area contributed by atoms with Gasteiger partial charge in [-0.2, -0.15) is 0 Å². The Kier molecular flexibility index (Phi) is 2.38. The molecule has 0 amide bonds. The van der Waals surface area contributed by atoms with Gasteiger partial charge in [-0.05, 0) is 18.2 Å². The summed E-state index contributed by atoms with van der Waals surface area (Å²) >= 11 is 0. The van der Waals surface area contributed by atoms with Crippen LogP contribution in [0, 0.1) is 0 Å². The highest BCUT2D eigenvalue weighted by Crippen LogP contribution is 2.31. The summed E-state index contributed by atoms with van der Waals surface area (Å²) in [4.78, 5) is 32.1. The minimum atomic E-state index is -0.140. The highest BCUT2D eigenvalue weighted by molar-refractivity contribution is 6.39. The van der Waals surface area contributed by atoms with Crippen LogP contribution in [-0.4, -0.2) is 21.5 Å². The standard InChI is InChI=1S/C17H10N2O2/c20-15-8-13(16(21)11-5-2-1-4-10(11)15)14-9-19-17-12(14)6-3-7-18-17/h1-9H,(H,18,19). The minimum absolute atomic E-state index is 0.130. The van der Waals surface area contributed by atoms with E-state index in [2.05, 4.69) is 9.97 Å². The Morgan fingerprint density at radius 3 is 2.57 bits per heavy atom. The summed E-state index contributed by atoms with van der Waals surface area (Å²) in [7, 11) is 0. The first-order valence-electron chi connectivity index (χ1n) is 6.58. The second-order valence-corrected chi connectivity index (χ2v) is 4.90. The van der Waals surface area contributed by atoms with Crippen LogP contribution in [0.25, 0.3) is 16.6 Å². The zero-order valence-electron chi connectivity index (χ0n) is 11.0. The highest BCUT2D eigenvalue weighted by atomic mass is 16.1. The van der Waals surface area contributed by atoms with Crippen molar-refractivity contribution in [2.24, 2.45) is 0 Å². The predicted molar refractivity (Wildman–Crippen MR) is 79.2 cm³/mol. The van der Waals surface area contributed by atoms with E-state index in [9.17, 15) is 9.59 Å². The van der Waals surface area contributed by atoms with Gasteiger partial charge in [0.25, 0.3) is 0 Å². The number of pyridine rings is 1. The molecule has 0 spiro atoms. The van der Waals surface area contributed by atoms with E-state index in [1.54, 1.807) is 36.7 Å². The molecule has 0 saturated carbocycles. The van der Waals surface area contributed by atoms with Crippen LogP contribution in [0.2, 0.25) is 0 Å². The fourth-order valence-electron chi connectivity index (χ4n) is 2.69. The van der Waals surface area contributed by atoms with E-state index < -0.39 is 0 Å². The number of aromatic nitrogens is 2. The summed E-state index contributed by atoms with van der Waals surface area (Å²) in [6, 6.07) is 10.6. The van der Waals surface area contributed by atoms with E-state index in [4.69, 9.17) is 0 Å². The fraction of sp³-hybridized carbons (Fsp3) is 0. The van der Waals surface area contributed by atoms with Crippen molar-refractivity contribution in [1.82, 2.24) is 9.97 Å². The van der Waals surface area contributed by atoms with Crippen LogP contribution in [0.3, 0.4) is 0 Å². The molecular formula is C17H10N2O2. The summed E-state index contributed by atoms with van der Waals surface area (Å²) in [5.41, 5.74) is 2.75. The van der Waals surface area contributed by atoms with Gasteiger partial charge in [0, 0.05) is 40.0 Å². The Morgan fingerprint density at radius 2 is 1.71 bits per heavy atom. The number of carbonyl (C=O) groups excluding carboxylic acids is 2. The van der Waals surface area contributed by atoms with Gasteiger partial charge < -0.3 is 4.98 Å². The first-order valence-corrected chi connectivity index (χ1v) is 6.58. The third kappa shape index (κ3) is 1.66. The second-order valence-electron chi connectivity index (χ2n) is 4.90. The van der Waals surface area contributed by atoms with E-state index in [0.29, 0.717) is 27.9 Å². The van der Waals surface area contributed by atoms with Crippen LogP contribution < -0.4 is 0 Å². The maximum Gasteiger partial charge on any atom is 0.194 e. The molecule has 0 atom stereocenters. The van der Waals surface area contributed by atoms with E-state index in [1.807, 2.05) is 12.1 Å². The number of ketones is 2. The number of fused-ring (bicyclic) bond motifs is 2. The molecular weight excluding hydrogens is 264 g/mol. The molecule has 0 unspecified atom stereocenters. The van der Waals surface area contributed by atoms with Crippen molar-refractivity contribution in [1.29, 1.82) is 0 Å². The average Bonchev–Trinajstić information content (AvgIpc) is 2.95.